The summed E-state index contributed by atoms with van der Waals surface area (Å²) in [6, 6.07) is 0. The van der Waals surface area contributed by atoms with E-state index in [2.05, 4.69) is 9.68 Å². The maximum Gasteiger partial charge on any atom is 0.296 e. The van der Waals surface area contributed by atoms with Crippen molar-refractivity contribution in [1.82, 2.24) is 0 Å². The lowest BCUT2D eigenvalue weighted by molar-refractivity contribution is -0.766. The summed E-state index contributed by atoms with van der Waals surface area (Å²) < 4.78 is 0. The van der Waals surface area contributed by atoms with Crippen molar-refractivity contribution in [2.75, 3.05) is 13.9 Å². The van der Waals surface area contributed by atoms with E-state index in [1.54, 1.807) is 0 Å². The molecule has 82 valence electrons. The van der Waals surface area contributed by atoms with E-state index < -0.39 is 17.0 Å². The van der Waals surface area contributed by atoms with Crippen LogP contribution in [0.1, 0.15) is 7.43 Å². The molecule has 0 amide bonds. The minimum absolute atomic E-state index is 0. The Labute approximate surface area is 90.9 Å². The molecule has 0 heterocycles. The fourth-order valence-electron chi connectivity index (χ4n) is 0.0471. The zero-order valence-electron chi connectivity index (χ0n) is 5.91. The number of hydrogen-bond donors (Lipinski definition) is 1. The second-order valence-electron chi connectivity index (χ2n) is 0.888. The molecular formula is C3H11IN2O7. The zero-order valence-corrected chi connectivity index (χ0v) is 8.24. The molecule has 0 fully saturated rings. The highest BCUT2D eigenvalue weighted by Gasteiger charge is 1.84. The van der Waals surface area contributed by atoms with Crippen LogP contribution in [0.4, 0.5) is 0 Å². The van der Waals surface area contributed by atoms with E-state index in [1.807, 2.05) is 0 Å². The minimum atomic E-state index is -1.07. The normalized spacial score (nSPS) is 6.00. The molecule has 0 radical (unpaired) electrons. The number of aliphatic hydroxyl groups is 1. The lowest BCUT2D eigenvalue weighted by Crippen LogP contribution is -1.99. The molecule has 0 aromatic heterocycles. The monoisotopic (exact) mass is 314 g/mol. The molecule has 13 heavy (non-hydrogen) atoms. The van der Waals surface area contributed by atoms with Gasteiger partial charge in [0.15, 0.2) is 6.79 Å². The molecule has 0 saturated carbocycles. The predicted molar refractivity (Wildman–Crippen MR) is 51.3 cm³/mol. The first-order valence-electron chi connectivity index (χ1n) is 2.11. The second-order valence-corrected chi connectivity index (χ2v) is 0.888. The molecule has 0 bridgehead atoms. The van der Waals surface area contributed by atoms with Gasteiger partial charge in [0.25, 0.3) is 10.2 Å². The average Bonchev–Trinajstić information content (AvgIpc) is 1.89. The van der Waals surface area contributed by atoms with E-state index in [9.17, 15) is 0 Å². The van der Waals surface area contributed by atoms with E-state index in [-0.39, 0.29) is 31.4 Å². The summed E-state index contributed by atoms with van der Waals surface area (Å²) in [7, 11) is 1.00. The molecular weight excluding hydrogens is 303 g/mol. The zero-order chi connectivity index (χ0) is 9.28. The van der Waals surface area contributed by atoms with Crippen molar-refractivity contribution < 1.29 is 25.0 Å². The van der Waals surface area contributed by atoms with Gasteiger partial charge in [-0.25, -0.2) is 0 Å². The Hall–Kier alpha value is -0.910. The SMILES string of the molecule is C.CO[N+](=O)[O-].I.O=[N+]([O-])OCO. The lowest BCUT2D eigenvalue weighted by Gasteiger charge is -1.83. The van der Waals surface area contributed by atoms with E-state index in [4.69, 9.17) is 25.3 Å². The summed E-state index contributed by atoms with van der Waals surface area (Å²) >= 11 is 0. The van der Waals surface area contributed by atoms with Crippen LogP contribution in [-0.2, 0) is 9.68 Å². The first-order valence-corrected chi connectivity index (χ1v) is 2.11. The number of nitrogens with zero attached hydrogens (tertiary/aromatic N) is 2. The van der Waals surface area contributed by atoms with Crippen molar-refractivity contribution >= 4 is 24.0 Å². The molecule has 9 nitrogen and oxygen atoms in total. The van der Waals surface area contributed by atoms with E-state index in [1.165, 1.54) is 0 Å². The van der Waals surface area contributed by atoms with Crippen LogP contribution in [0.25, 0.3) is 0 Å². The maximum absolute atomic E-state index is 9.02. The van der Waals surface area contributed by atoms with Gasteiger partial charge in [0.2, 0.25) is 0 Å². The molecule has 0 aliphatic rings. The molecule has 10 heteroatoms. The van der Waals surface area contributed by atoms with E-state index >= 15 is 0 Å². The van der Waals surface area contributed by atoms with Crippen molar-refractivity contribution in [2.24, 2.45) is 0 Å². The average molecular weight is 314 g/mol. The number of rotatable bonds is 3. The smallest absolute Gasteiger partial charge is 0.296 e. The van der Waals surface area contributed by atoms with Crippen molar-refractivity contribution in [3.05, 3.63) is 20.2 Å². The molecule has 0 aliphatic heterocycles. The Bertz CT molecular complexity index is 131. The highest BCUT2D eigenvalue weighted by atomic mass is 127. The third kappa shape index (κ3) is 54.8. The van der Waals surface area contributed by atoms with Crippen molar-refractivity contribution in [3.8, 4) is 0 Å². The maximum atomic E-state index is 9.02. The first-order chi connectivity index (χ1) is 5.04. The highest BCUT2D eigenvalue weighted by molar-refractivity contribution is 14.0. The van der Waals surface area contributed by atoms with Crippen LogP contribution in [0, 0.1) is 20.2 Å². The molecule has 0 aromatic carbocycles. The summed E-state index contributed by atoms with van der Waals surface area (Å²) in [5, 5.41) is 23.6. The third-order valence-corrected chi connectivity index (χ3v) is 0.312. The standard InChI is InChI=1S/CH3NO4.CH3NO3.CH4.HI/c3-1-6-2(4)5;1-5-2(3)4;;/h3H,1H2;1H3;1H4;1H. The Morgan fingerprint density at radius 3 is 1.62 bits per heavy atom. The van der Waals surface area contributed by atoms with Gasteiger partial charge in [-0.2, -0.15) is 0 Å². The molecule has 0 aromatic rings. The van der Waals surface area contributed by atoms with Gasteiger partial charge in [-0.15, -0.1) is 44.2 Å². The van der Waals surface area contributed by atoms with Gasteiger partial charge in [0, 0.05) is 0 Å². The van der Waals surface area contributed by atoms with Gasteiger partial charge in [-0.3, -0.25) is 4.84 Å². The van der Waals surface area contributed by atoms with E-state index in [0.717, 1.165) is 7.11 Å². The molecule has 1 N–H and O–H groups in total. The molecule has 0 spiro atoms. The van der Waals surface area contributed by atoms with Crippen LogP contribution in [0.3, 0.4) is 0 Å². The summed E-state index contributed by atoms with van der Waals surface area (Å²) in [4.78, 5) is 24.8. The molecule has 0 rings (SSSR count). The van der Waals surface area contributed by atoms with Crippen LogP contribution >= 0.6 is 24.0 Å². The molecule has 0 atom stereocenters. The Morgan fingerprint density at radius 2 is 1.62 bits per heavy atom. The quantitative estimate of drug-likeness (QED) is 0.342. The van der Waals surface area contributed by atoms with Gasteiger partial charge in [-0.1, -0.05) is 7.43 Å². The van der Waals surface area contributed by atoms with Gasteiger partial charge in [0.1, 0.15) is 0 Å². The molecule has 0 unspecified atom stereocenters. The van der Waals surface area contributed by atoms with Crippen LogP contribution < -0.4 is 0 Å². The number of halogens is 1. The van der Waals surface area contributed by atoms with Crippen LogP contribution in [-0.4, -0.2) is 29.2 Å². The van der Waals surface area contributed by atoms with Gasteiger partial charge in [0.05, 0.1) is 7.11 Å². The fraction of sp³-hybridized carbons (Fsp3) is 1.00. The van der Waals surface area contributed by atoms with Crippen molar-refractivity contribution in [1.29, 1.82) is 0 Å². The van der Waals surface area contributed by atoms with Crippen molar-refractivity contribution in [3.63, 3.8) is 0 Å². The van der Waals surface area contributed by atoms with Crippen molar-refractivity contribution in [2.45, 2.75) is 7.43 Å². The topological polar surface area (TPSA) is 125 Å². The van der Waals surface area contributed by atoms with Gasteiger partial charge >= 0.3 is 0 Å². The summed E-state index contributed by atoms with van der Waals surface area (Å²) in [5.41, 5.74) is 0. The van der Waals surface area contributed by atoms with Crippen LogP contribution in [0.15, 0.2) is 0 Å². The number of aliphatic hydroxyl groups excluding tert-OH is 1. The molecule has 0 saturated heterocycles. The first kappa shape index (κ1) is 22.7. The number of hydrogen-bond acceptors (Lipinski definition) is 7. The summed E-state index contributed by atoms with van der Waals surface area (Å²) in [5.74, 6) is 0. The largest absolute Gasteiger partial charge is 0.371 e. The third-order valence-electron chi connectivity index (χ3n) is 0.312. The van der Waals surface area contributed by atoms with Crippen LogP contribution in [0.2, 0.25) is 0 Å². The van der Waals surface area contributed by atoms with Gasteiger partial charge < -0.3 is 9.94 Å². The van der Waals surface area contributed by atoms with E-state index in [0.29, 0.717) is 0 Å². The second kappa shape index (κ2) is 17.3. The Morgan fingerprint density at radius 1 is 1.31 bits per heavy atom. The Kier molecular flexibility index (Phi) is 30.1. The summed E-state index contributed by atoms with van der Waals surface area (Å²) in [6.07, 6.45) is 0. The van der Waals surface area contributed by atoms with Gasteiger partial charge in [-0.05, 0) is 0 Å². The highest BCUT2D eigenvalue weighted by Crippen LogP contribution is 1.64. The van der Waals surface area contributed by atoms with Crippen LogP contribution in [0.5, 0.6) is 0 Å². The summed E-state index contributed by atoms with van der Waals surface area (Å²) in [6.45, 7) is -0.868. The fourth-order valence-corrected chi connectivity index (χ4v) is 0.0471. The lowest BCUT2D eigenvalue weighted by atomic mass is 11.5. The molecule has 0 aliphatic carbocycles. The minimum Gasteiger partial charge on any atom is -0.371 e. The predicted octanol–water partition coefficient (Wildman–Crippen LogP) is 0.223. The Balaban J connectivity index is -0.0000000546.